The molecule has 1 heterocycles. The molecule has 42 valence electrons. The minimum atomic E-state index is -0.695. The fourth-order valence-corrected chi connectivity index (χ4v) is 0.340. The van der Waals surface area contributed by atoms with Gasteiger partial charge in [-0.15, -0.1) is 0 Å². The van der Waals surface area contributed by atoms with E-state index in [9.17, 15) is 4.79 Å². The fourth-order valence-electron chi connectivity index (χ4n) is 0.340. The Balaban J connectivity index is 3.18. The van der Waals surface area contributed by atoms with E-state index < -0.39 is 5.82 Å². The number of hydrogen-bond donors (Lipinski definition) is 0. The molecule has 0 spiro atoms. The number of hydrogen-bond acceptors (Lipinski definition) is 3. The first kappa shape index (κ1) is 4.90. The Kier molecular flexibility index (Phi) is 1.04. The van der Waals surface area contributed by atoms with Gasteiger partial charge in [-0.05, 0) is 6.08 Å². The van der Waals surface area contributed by atoms with Gasteiger partial charge in [0.05, 0.1) is 0 Å². The molecule has 0 aromatic carbocycles. The maximum absolute atomic E-state index is 10.1. The SMILES string of the molecule is C=Cc1coc(=O)o1. The van der Waals surface area contributed by atoms with E-state index in [2.05, 4.69) is 15.4 Å². The van der Waals surface area contributed by atoms with E-state index in [1.807, 2.05) is 0 Å². The van der Waals surface area contributed by atoms with Crippen molar-refractivity contribution in [2.75, 3.05) is 0 Å². The molecule has 0 aliphatic carbocycles. The van der Waals surface area contributed by atoms with Crippen molar-refractivity contribution in [1.29, 1.82) is 0 Å². The van der Waals surface area contributed by atoms with E-state index in [-0.39, 0.29) is 0 Å². The van der Waals surface area contributed by atoms with Crippen LogP contribution in [0.1, 0.15) is 5.76 Å². The molecule has 0 saturated heterocycles. The molecular formula is C5H4O3. The second-order valence-electron chi connectivity index (χ2n) is 1.19. The summed E-state index contributed by atoms with van der Waals surface area (Å²) in [6, 6.07) is 0. The van der Waals surface area contributed by atoms with Gasteiger partial charge in [0, 0.05) is 0 Å². The van der Waals surface area contributed by atoms with Crippen LogP contribution in [0.2, 0.25) is 0 Å². The van der Waals surface area contributed by atoms with Gasteiger partial charge in [0.1, 0.15) is 6.26 Å². The zero-order valence-electron chi connectivity index (χ0n) is 4.09. The van der Waals surface area contributed by atoms with Crippen molar-refractivity contribution < 1.29 is 8.83 Å². The molecule has 3 heteroatoms. The van der Waals surface area contributed by atoms with E-state index in [0.717, 1.165) is 0 Å². The van der Waals surface area contributed by atoms with Crippen LogP contribution < -0.4 is 5.82 Å². The van der Waals surface area contributed by atoms with Crippen LogP contribution >= 0.6 is 0 Å². The molecule has 0 amide bonds. The van der Waals surface area contributed by atoms with Gasteiger partial charge in [0.2, 0.25) is 0 Å². The lowest BCUT2D eigenvalue weighted by Gasteiger charge is -1.67. The molecule has 0 radical (unpaired) electrons. The largest absolute Gasteiger partial charge is 0.519 e. The second kappa shape index (κ2) is 1.69. The Labute approximate surface area is 45.2 Å². The third kappa shape index (κ3) is 0.703. The lowest BCUT2D eigenvalue weighted by molar-refractivity contribution is 0.383. The molecule has 1 aromatic heterocycles. The smallest absolute Gasteiger partial charge is 0.399 e. The van der Waals surface area contributed by atoms with Crippen LogP contribution in [-0.4, -0.2) is 0 Å². The zero-order valence-corrected chi connectivity index (χ0v) is 4.09. The lowest BCUT2D eigenvalue weighted by Crippen LogP contribution is -1.84. The summed E-state index contributed by atoms with van der Waals surface area (Å²) in [4.78, 5) is 10.1. The monoisotopic (exact) mass is 112 g/mol. The third-order valence-corrected chi connectivity index (χ3v) is 0.674. The van der Waals surface area contributed by atoms with Crippen LogP contribution in [-0.2, 0) is 0 Å². The maximum atomic E-state index is 10.1. The summed E-state index contributed by atoms with van der Waals surface area (Å²) in [6.07, 6.45) is 2.60. The minimum absolute atomic E-state index is 0.356. The highest BCUT2D eigenvalue weighted by atomic mass is 16.6. The Morgan fingerprint density at radius 3 is 2.75 bits per heavy atom. The van der Waals surface area contributed by atoms with E-state index in [0.29, 0.717) is 5.76 Å². The van der Waals surface area contributed by atoms with Gasteiger partial charge in [0.25, 0.3) is 0 Å². The standard InChI is InChI=1S/C5H4O3/c1-2-4-3-7-5(6)8-4/h2-3H,1H2. The average molecular weight is 112 g/mol. The summed E-state index contributed by atoms with van der Waals surface area (Å²) < 4.78 is 8.65. The summed E-state index contributed by atoms with van der Waals surface area (Å²) in [7, 11) is 0. The van der Waals surface area contributed by atoms with Crippen LogP contribution in [0, 0.1) is 0 Å². The maximum Gasteiger partial charge on any atom is 0.519 e. The van der Waals surface area contributed by atoms with Crippen LogP contribution in [0.4, 0.5) is 0 Å². The van der Waals surface area contributed by atoms with E-state index in [1.54, 1.807) is 0 Å². The summed E-state index contributed by atoms with van der Waals surface area (Å²) in [5.74, 6) is -0.338. The zero-order chi connectivity index (χ0) is 5.98. The molecule has 0 bridgehead atoms. The third-order valence-electron chi connectivity index (χ3n) is 0.674. The first-order valence-electron chi connectivity index (χ1n) is 2.04. The van der Waals surface area contributed by atoms with Gasteiger partial charge >= 0.3 is 5.82 Å². The summed E-state index contributed by atoms with van der Waals surface area (Å²) in [5.41, 5.74) is 0. The van der Waals surface area contributed by atoms with Crippen molar-refractivity contribution in [1.82, 2.24) is 0 Å². The molecule has 0 aliphatic heterocycles. The molecule has 1 aromatic rings. The molecular weight excluding hydrogens is 108 g/mol. The molecule has 0 aliphatic rings. The Bertz CT molecular complexity index is 230. The van der Waals surface area contributed by atoms with Gasteiger partial charge in [-0.3, -0.25) is 0 Å². The van der Waals surface area contributed by atoms with Gasteiger partial charge < -0.3 is 8.83 Å². The van der Waals surface area contributed by atoms with Crippen molar-refractivity contribution in [3.8, 4) is 0 Å². The highest BCUT2D eigenvalue weighted by Crippen LogP contribution is 1.93. The molecule has 0 fully saturated rings. The second-order valence-corrected chi connectivity index (χ2v) is 1.19. The van der Waals surface area contributed by atoms with Crippen molar-refractivity contribution in [3.63, 3.8) is 0 Å². The van der Waals surface area contributed by atoms with E-state index >= 15 is 0 Å². The normalized spacial score (nSPS) is 9.00. The highest BCUT2D eigenvalue weighted by molar-refractivity contribution is 5.35. The predicted molar refractivity (Wildman–Crippen MR) is 27.3 cm³/mol. The van der Waals surface area contributed by atoms with Crippen molar-refractivity contribution in [3.05, 3.63) is 29.2 Å². The van der Waals surface area contributed by atoms with Crippen molar-refractivity contribution in [2.45, 2.75) is 0 Å². The molecule has 0 atom stereocenters. The molecule has 3 nitrogen and oxygen atoms in total. The van der Waals surface area contributed by atoms with Crippen LogP contribution in [0.3, 0.4) is 0 Å². The Hall–Kier alpha value is -1.25. The van der Waals surface area contributed by atoms with E-state index in [1.165, 1.54) is 12.3 Å². The molecule has 0 unspecified atom stereocenters. The minimum Gasteiger partial charge on any atom is -0.399 e. The molecule has 1 rings (SSSR count). The van der Waals surface area contributed by atoms with E-state index in [4.69, 9.17) is 0 Å². The Morgan fingerprint density at radius 1 is 1.75 bits per heavy atom. The van der Waals surface area contributed by atoms with Gasteiger partial charge in [0.15, 0.2) is 5.76 Å². The lowest BCUT2D eigenvalue weighted by atomic mass is 10.5. The van der Waals surface area contributed by atoms with Gasteiger partial charge in [-0.2, -0.15) is 0 Å². The number of rotatable bonds is 1. The average Bonchev–Trinajstić information content (AvgIpc) is 2.14. The van der Waals surface area contributed by atoms with Gasteiger partial charge in [-0.25, -0.2) is 4.79 Å². The summed E-state index contributed by atoms with van der Waals surface area (Å²) in [6.45, 7) is 3.35. The van der Waals surface area contributed by atoms with Crippen LogP contribution in [0.5, 0.6) is 0 Å². The summed E-state index contributed by atoms with van der Waals surface area (Å²) >= 11 is 0. The molecule has 0 N–H and O–H groups in total. The summed E-state index contributed by atoms with van der Waals surface area (Å²) in [5, 5.41) is 0. The molecule has 8 heavy (non-hydrogen) atoms. The van der Waals surface area contributed by atoms with Crippen molar-refractivity contribution >= 4 is 6.08 Å². The highest BCUT2D eigenvalue weighted by Gasteiger charge is 1.91. The first-order chi connectivity index (χ1) is 3.83. The fraction of sp³-hybridized carbons (Fsp3) is 0. The first-order valence-corrected chi connectivity index (χ1v) is 2.04. The van der Waals surface area contributed by atoms with Gasteiger partial charge in [-0.1, -0.05) is 6.58 Å². The molecule has 0 saturated carbocycles. The van der Waals surface area contributed by atoms with Crippen LogP contribution in [0.15, 0.2) is 26.5 Å². The Morgan fingerprint density at radius 2 is 2.50 bits per heavy atom. The quantitative estimate of drug-likeness (QED) is 0.541. The predicted octanol–water partition coefficient (Wildman–Crippen LogP) is 0.876. The topological polar surface area (TPSA) is 43.4 Å². The van der Waals surface area contributed by atoms with Crippen molar-refractivity contribution in [2.24, 2.45) is 0 Å². The van der Waals surface area contributed by atoms with Crippen LogP contribution in [0.25, 0.3) is 6.08 Å².